The summed E-state index contributed by atoms with van der Waals surface area (Å²) in [5.74, 6) is 2.22. The van der Waals surface area contributed by atoms with Gasteiger partial charge in [0.15, 0.2) is 0 Å². The van der Waals surface area contributed by atoms with Crippen LogP contribution in [-0.2, 0) is 7.05 Å². The van der Waals surface area contributed by atoms with Crippen LogP contribution in [0.5, 0.6) is 0 Å². The number of nitrogens with zero attached hydrogens (tertiary/aromatic N) is 2. The van der Waals surface area contributed by atoms with E-state index >= 15 is 0 Å². The molecule has 2 N–H and O–H groups in total. The molecule has 78 valence electrons. The Hall–Kier alpha value is -0.990. The normalized spacial score (nSPS) is 19.4. The van der Waals surface area contributed by atoms with Crippen molar-refractivity contribution in [1.29, 1.82) is 0 Å². The average Bonchev–Trinajstić information content (AvgIpc) is 2.30. The van der Waals surface area contributed by atoms with Crippen molar-refractivity contribution in [2.45, 2.75) is 39.0 Å². The molecule has 0 radical (unpaired) electrons. The molecule has 1 heterocycles. The van der Waals surface area contributed by atoms with Gasteiger partial charge >= 0.3 is 0 Å². The molecule has 1 fully saturated rings. The van der Waals surface area contributed by atoms with E-state index in [4.69, 9.17) is 5.73 Å². The van der Waals surface area contributed by atoms with Crippen molar-refractivity contribution >= 4 is 5.82 Å². The summed E-state index contributed by atoms with van der Waals surface area (Å²) < 4.78 is 1.79. The molecule has 1 aliphatic carbocycles. The maximum atomic E-state index is 5.90. The molecule has 1 aliphatic rings. The van der Waals surface area contributed by atoms with Crippen LogP contribution >= 0.6 is 0 Å². The molecule has 2 rings (SSSR count). The third-order valence-electron chi connectivity index (χ3n) is 3.66. The number of anilines is 1. The lowest BCUT2D eigenvalue weighted by molar-refractivity contribution is 0.268. The van der Waals surface area contributed by atoms with Crippen molar-refractivity contribution in [3.8, 4) is 0 Å². The second-order valence-electron chi connectivity index (χ2n) is 4.50. The predicted molar refractivity (Wildman–Crippen MR) is 58.1 cm³/mol. The van der Waals surface area contributed by atoms with Gasteiger partial charge < -0.3 is 5.73 Å². The fraction of sp³-hybridized carbons (Fsp3) is 0.727. The zero-order valence-corrected chi connectivity index (χ0v) is 9.25. The fourth-order valence-electron chi connectivity index (χ4n) is 2.26. The molecular weight excluding hydrogens is 174 g/mol. The fourth-order valence-corrected chi connectivity index (χ4v) is 2.26. The molecule has 1 saturated carbocycles. The SMILES string of the molecule is Cc1c(C(C)C2CCC2)nn(C)c1N. The maximum Gasteiger partial charge on any atom is 0.124 e. The Balaban J connectivity index is 2.26. The van der Waals surface area contributed by atoms with Crippen LogP contribution in [0, 0.1) is 12.8 Å². The summed E-state index contributed by atoms with van der Waals surface area (Å²) in [5, 5.41) is 4.50. The zero-order valence-electron chi connectivity index (χ0n) is 9.25. The van der Waals surface area contributed by atoms with Crippen molar-refractivity contribution in [3.05, 3.63) is 11.3 Å². The largest absolute Gasteiger partial charge is 0.384 e. The molecule has 0 saturated heterocycles. The molecule has 1 aromatic heterocycles. The Labute approximate surface area is 85.3 Å². The number of rotatable bonds is 2. The molecule has 0 bridgehead atoms. The summed E-state index contributed by atoms with van der Waals surface area (Å²) in [6.07, 6.45) is 4.10. The van der Waals surface area contributed by atoms with Crippen LogP contribution in [0.2, 0.25) is 0 Å². The van der Waals surface area contributed by atoms with E-state index in [1.54, 1.807) is 4.68 Å². The summed E-state index contributed by atoms with van der Waals surface area (Å²) in [6, 6.07) is 0. The first kappa shape index (κ1) is 9.56. The van der Waals surface area contributed by atoms with Gasteiger partial charge in [-0.25, -0.2) is 0 Å². The first-order valence-electron chi connectivity index (χ1n) is 5.40. The van der Waals surface area contributed by atoms with E-state index in [0.717, 1.165) is 11.7 Å². The third-order valence-corrected chi connectivity index (χ3v) is 3.66. The molecular formula is C11H19N3. The Morgan fingerprint density at radius 2 is 2.14 bits per heavy atom. The van der Waals surface area contributed by atoms with Crippen molar-refractivity contribution in [3.63, 3.8) is 0 Å². The number of nitrogens with two attached hydrogens (primary N) is 1. The van der Waals surface area contributed by atoms with Crippen LogP contribution in [0.4, 0.5) is 5.82 Å². The molecule has 0 aliphatic heterocycles. The van der Waals surface area contributed by atoms with E-state index in [1.807, 2.05) is 7.05 Å². The van der Waals surface area contributed by atoms with Gasteiger partial charge in [0.2, 0.25) is 0 Å². The topological polar surface area (TPSA) is 43.8 Å². The molecule has 0 amide bonds. The second kappa shape index (κ2) is 3.30. The van der Waals surface area contributed by atoms with Crippen molar-refractivity contribution in [2.24, 2.45) is 13.0 Å². The highest BCUT2D eigenvalue weighted by atomic mass is 15.3. The minimum absolute atomic E-state index is 0.576. The van der Waals surface area contributed by atoms with E-state index in [-0.39, 0.29) is 0 Å². The third kappa shape index (κ3) is 1.31. The Kier molecular flexibility index (Phi) is 2.25. The van der Waals surface area contributed by atoms with E-state index < -0.39 is 0 Å². The van der Waals surface area contributed by atoms with Gasteiger partial charge in [-0.1, -0.05) is 13.3 Å². The molecule has 0 spiro atoms. The van der Waals surface area contributed by atoms with Gasteiger partial charge in [0.05, 0.1) is 5.69 Å². The number of nitrogen functional groups attached to an aromatic ring is 1. The molecule has 1 unspecified atom stereocenters. The first-order valence-corrected chi connectivity index (χ1v) is 5.40. The molecule has 1 aromatic rings. The Morgan fingerprint density at radius 3 is 2.50 bits per heavy atom. The summed E-state index contributed by atoms with van der Waals surface area (Å²) in [6.45, 7) is 4.35. The van der Waals surface area contributed by atoms with Gasteiger partial charge in [-0.15, -0.1) is 0 Å². The van der Waals surface area contributed by atoms with Crippen LogP contribution in [-0.4, -0.2) is 9.78 Å². The quantitative estimate of drug-likeness (QED) is 0.782. The van der Waals surface area contributed by atoms with E-state index in [9.17, 15) is 0 Å². The summed E-state index contributed by atoms with van der Waals surface area (Å²) in [4.78, 5) is 0. The number of aryl methyl sites for hydroxylation is 1. The van der Waals surface area contributed by atoms with E-state index in [2.05, 4.69) is 18.9 Å². The lowest BCUT2D eigenvalue weighted by Crippen LogP contribution is -2.19. The number of hydrogen-bond acceptors (Lipinski definition) is 2. The smallest absolute Gasteiger partial charge is 0.124 e. The Morgan fingerprint density at radius 1 is 1.50 bits per heavy atom. The lowest BCUT2D eigenvalue weighted by atomic mass is 9.75. The van der Waals surface area contributed by atoms with Gasteiger partial charge in [0.1, 0.15) is 5.82 Å². The molecule has 3 heteroatoms. The van der Waals surface area contributed by atoms with Gasteiger partial charge in [-0.2, -0.15) is 5.10 Å². The highest BCUT2D eigenvalue weighted by Crippen LogP contribution is 2.39. The monoisotopic (exact) mass is 193 g/mol. The van der Waals surface area contributed by atoms with Gasteiger partial charge in [-0.3, -0.25) is 4.68 Å². The predicted octanol–water partition coefficient (Wildman–Crippen LogP) is 2.21. The average molecular weight is 193 g/mol. The maximum absolute atomic E-state index is 5.90. The van der Waals surface area contributed by atoms with Crippen LogP contribution in [0.25, 0.3) is 0 Å². The van der Waals surface area contributed by atoms with Crippen LogP contribution < -0.4 is 5.73 Å². The standard InChI is InChI=1S/C11H19N3/c1-7(9-5-4-6-9)10-8(2)11(12)14(3)13-10/h7,9H,4-6,12H2,1-3H3. The number of hydrogen-bond donors (Lipinski definition) is 1. The lowest BCUT2D eigenvalue weighted by Gasteiger charge is -2.30. The zero-order chi connectivity index (χ0) is 10.3. The Bertz CT molecular complexity index is 337. The van der Waals surface area contributed by atoms with Crippen molar-refractivity contribution in [2.75, 3.05) is 5.73 Å². The van der Waals surface area contributed by atoms with Crippen LogP contribution in [0.1, 0.15) is 43.4 Å². The summed E-state index contributed by atoms with van der Waals surface area (Å²) >= 11 is 0. The summed E-state index contributed by atoms with van der Waals surface area (Å²) in [7, 11) is 1.92. The van der Waals surface area contributed by atoms with E-state index in [0.29, 0.717) is 5.92 Å². The molecule has 0 aromatic carbocycles. The molecule has 14 heavy (non-hydrogen) atoms. The van der Waals surface area contributed by atoms with Crippen molar-refractivity contribution < 1.29 is 0 Å². The highest BCUT2D eigenvalue weighted by molar-refractivity contribution is 5.43. The first-order chi connectivity index (χ1) is 6.61. The van der Waals surface area contributed by atoms with Gasteiger partial charge in [0.25, 0.3) is 0 Å². The molecule has 3 nitrogen and oxygen atoms in total. The summed E-state index contributed by atoms with van der Waals surface area (Å²) in [5.41, 5.74) is 8.28. The number of aromatic nitrogens is 2. The minimum Gasteiger partial charge on any atom is -0.384 e. The van der Waals surface area contributed by atoms with Crippen LogP contribution in [0.3, 0.4) is 0 Å². The highest BCUT2D eigenvalue weighted by Gasteiger charge is 2.28. The second-order valence-corrected chi connectivity index (χ2v) is 4.50. The minimum atomic E-state index is 0.576. The molecule has 1 atom stereocenters. The van der Waals surface area contributed by atoms with Gasteiger partial charge in [0, 0.05) is 18.5 Å². The van der Waals surface area contributed by atoms with Crippen molar-refractivity contribution in [1.82, 2.24) is 9.78 Å². The van der Waals surface area contributed by atoms with Gasteiger partial charge in [-0.05, 0) is 25.7 Å². The van der Waals surface area contributed by atoms with E-state index in [1.165, 1.54) is 30.5 Å². The van der Waals surface area contributed by atoms with Crippen LogP contribution in [0.15, 0.2) is 0 Å².